The number of ketones is 1. The Morgan fingerprint density at radius 3 is 1.16 bits per heavy atom. The van der Waals surface area contributed by atoms with Gasteiger partial charge in [0, 0.05) is 0 Å². The number of hydrogen-bond donors (Lipinski definition) is 0. The molecule has 0 N–H and O–H groups in total. The van der Waals surface area contributed by atoms with Gasteiger partial charge in [-0.2, -0.15) is 0 Å². The fraction of sp³-hybridized carbons (Fsp3) is 0.100. The van der Waals surface area contributed by atoms with Crippen LogP contribution in [0.25, 0.3) is 0 Å². The summed E-state index contributed by atoms with van der Waals surface area (Å²) >= 11 is 0. The minimum absolute atomic E-state index is 0. The second kappa shape index (κ2) is 11.2. The van der Waals surface area contributed by atoms with Crippen molar-refractivity contribution >= 4 is 13.6 Å². The second-order valence-electron chi connectivity index (χ2n) is 5.65. The number of ether oxygens (including phenoxy) is 2. The fourth-order valence-corrected chi connectivity index (χ4v) is 2.13. The normalized spacial score (nSPS) is 14.8. The van der Waals surface area contributed by atoms with Crippen molar-refractivity contribution in [2.75, 3.05) is 14.2 Å². The van der Waals surface area contributed by atoms with Crippen molar-refractivity contribution in [2.45, 2.75) is 0 Å². The number of rotatable bonds is 4. The standard InChI is InChI=1S/C15H14O3.C5H5.F6P.Fe/c1-17-13-9-5-3-7-11(13)15(16)12-8-4-6-10-14(12)18-2;1-2-4-5-3-1;1-7(2,3,4,5)6;/h3-10H,1-2H3;1-5H;;/q;;-1;+2. The van der Waals surface area contributed by atoms with Crippen LogP contribution in [0.4, 0.5) is 25.2 Å². The van der Waals surface area contributed by atoms with Crippen LogP contribution < -0.4 is 9.47 Å². The van der Waals surface area contributed by atoms with Gasteiger partial charge in [0.1, 0.15) is 11.5 Å². The maximum Gasteiger partial charge on any atom is 2.00 e. The first kappa shape index (κ1) is 29.2. The van der Waals surface area contributed by atoms with Gasteiger partial charge in [-0.05, 0) is 56.4 Å². The molecular weight excluding hydrogens is 489 g/mol. The molecule has 0 spiro atoms. The van der Waals surface area contributed by atoms with Crippen LogP contribution in [0.1, 0.15) is 15.9 Å². The van der Waals surface area contributed by atoms with Crippen LogP contribution in [0.5, 0.6) is 11.5 Å². The Morgan fingerprint density at radius 2 is 0.903 bits per heavy atom. The summed E-state index contributed by atoms with van der Waals surface area (Å²) in [4.78, 5) is 12.4. The third-order valence-corrected chi connectivity index (χ3v) is 3.26. The van der Waals surface area contributed by atoms with E-state index >= 15 is 0 Å². The molecule has 11 heteroatoms. The summed E-state index contributed by atoms with van der Waals surface area (Å²) in [5, 5.41) is 0. The van der Waals surface area contributed by atoms with Gasteiger partial charge < -0.3 is 9.47 Å². The summed E-state index contributed by atoms with van der Waals surface area (Å²) in [5.74, 6) is 1.02. The van der Waals surface area contributed by atoms with Crippen molar-refractivity contribution in [2.24, 2.45) is 0 Å². The summed E-state index contributed by atoms with van der Waals surface area (Å²) in [6.07, 6.45) is 10.0. The molecule has 1 aliphatic carbocycles. The maximum absolute atomic E-state index is 12.4. The molecule has 1 saturated carbocycles. The molecule has 0 atom stereocenters. The molecule has 0 aliphatic heterocycles. The Kier molecular flexibility index (Phi) is 10.6. The van der Waals surface area contributed by atoms with Gasteiger partial charge in [-0.3, -0.25) is 4.79 Å². The number of carbonyl (C=O) groups is 1. The quantitative estimate of drug-likeness (QED) is 0.188. The van der Waals surface area contributed by atoms with Crippen LogP contribution >= 0.6 is 7.81 Å². The van der Waals surface area contributed by atoms with Gasteiger partial charge in [0.2, 0.25) is 0 Å². The zero-order chi connectivity index (χ0) is 22.9. The SMILES string of the molecule is COc1ccccc1C(=O)c1ccccc1OC.F[P-](F)(F)(F)(F)F.[CH]1[CH][CH][CH][CH]1.[Fe+2]. The van der Waals surface area contributed by atoms with Crippen molar-refractivity contribution < 1.29 is 56.5 Å². The van der Waals surface area contributed by atoms with Gasteiger partial charge >= 0.3 is 50.1 Å². The van der Waals surface area contributed by atoms with Crippen molar-refractivity contribution in [3.8, 4) is 11.5 Å². The van der Waals surface area contributed by atoms with Gasteiger partial charge in [-0.1, -0.05) is 24.3 Å². The molecule has 0 saturated heterocycles. The average molecular weight is 508 g/mol. The predicted molar refractivity (Wildman–Crippen MR) is 104 cm³/mol. The average Bonchev–Trinajstić information content (AvgIpc) is 3.25. The van der Waals surface area contributed by atoms with Gasteiger partial charge in [0.25, 0.3) is 0 Å². The van der Waals surface area contributed by atoms with E-state index in [1.54, 1.807) is 38.5 Å². The summed E-state index contributed by atoms with van der Waals surface area (Å²) in [6, 6.07) is 14.3. The third-order valence-electron chi connectivity index (χ3n) is 3.26. The summed E-state index contributed by atoms with van der Waals surface area (Å²) in [7, 11) is -7.56. The second-order valence-corrected chi connectivity index (χ2v) is 7.57. The Hall–Kier alpha value is -1.76. The first-order valence-corrected chi connectivity index (χ1v) is 10.3. The number of para-hydroxylation sites is 2. The van der Waals surface area contributed by atoms with E-state index in [4.69, 9.17) is 9.47 Å². The van der Waals surface area contributed by atoms with E-state index in [2.05, 4.69) is 0 Å². The van der Waals surface area contributed by atoms with Crippen LogP contribution in [-0.4, -0.2) is 20.0 Å². The van der Waals surface area contributed by atoms with E-state index in [0.29, 0.717) is 22.6 Å². The van der Waals surface area contributed by atoms with Crippen molar-refractivity contribution in [3.63, 3.8) is 0 Å². The molecule has 5 radical (unpaired) electrons. The predicted octanol–water partition coefficient (Wildman–Crippen LogP) is 7.34. The van der Waals surface area contributed by atoms with E-state index in [1.165, 1.54) is 0 Å². The van der Waals surface area contributed by atoms with Crippen molar-refractivity contribution in [1.82, 2.24) is 0 Å². The van der Waals surface area contributed by atoms with E-state index in [9.17, 15) is 30.0 Å². The first-order valence-electron chi connectivity index (χ1n) is 8.26. The molecule has 31 heavy (non-hydrogen) atoms. The number of hydrogen-bond acceptors (Lipinski definition) is 3. The molecule has 0 amide bonds. The number of methoxy groups -OCH3 is 2. The van der Waals surface area contributed by atoms with Crippen LogP contribution in [0.2, 0.25) is 0 Å². The molecule has 171 valence electrons. The minimum atomic E-state index is -10.7. The monoisotopic (exact) mass is 508 g/mol. The van der Waals surface area contributed by atoms with Crippen molar-refractivity contribution in [1.29, 1.82) is 0 Å². The van der Waals surface area contributed by atoms with Gasteiger partial charge in [-0.15, -0.1) is 0 Å². The number of benzene rings is 2. The first-order chi connectivity index (χ1) is 13.7. The zero-order valence-electron chi connectivity index (χ0n) is 16.3. The van der Waals surface area contributed by atoms with Crippen molar-refractivity contribution in [3.05, 3.63) is 91.8 Å². The minimum Gasteiger partial charge on any atom is -0.0312 e. The van der Waals surface area contributed by atoms with Gasteiger partial charge in [-0.25, -0.2) is 0 Å². The Morgan fingerprint density at radius 1 is 0.645 bits per heavy atom. The van der Waals surface area contributed by atoms with Gasteiger partial charge in [0.05, 0.1) is 25.3 Å². The van der Waals surface area contributed by atoms with Gasteiger partial charge in [0.15, 0.2) is 5.78 Å². The molecule has 3 rings (SSSR count). The van der Waals surface area contributed by atoms with Crippen LogP contribution in [0, 0.1) is 32.1 Å². The Labute approximate surface area is 187 Å². The topological polar surface area (TPSA) is 35.5 Å². The molecule has 1 fully saturated rings. The van der Waals surface area contributed by atoms with E-state index < -0.39 is 7.81 Å². The Bertz CT molecular complexity index is 772. The molecule has 1 aliphatic rings. The molecular formula is C20H19F6FeO3P+. The number of carbonyl (C=O) groups excluding carboxylic acids is 1. The molecule has 0 aromatic heterocycles. The summed E-state index contributed by atoms with van der Waals surface area (Å²) in [5.41, 5.74) is 1.06. The summed E-state index contributed by atoms with van der Waals surface area (Å²) in [6.45, 7) is 0. The smallest absolute Gasteiger partial charge is 0.0312 e. The number of halogens is 6. The van der Waals surface area contributed by atoms with Crippen LogP contribution in [0.15, 0.2) is 48.5 Å². The molecule has 0 bridgehead atoms. The van der Waals surface area contributed by atoms with E-state index in [0.717, 1.165) is 0 Å². The molecule has 0 heterocycles. The van der Waals surface area contributed by atoms with E-state index in [1.807, 2.05) is 56.4 Å². The third kappa shape index (κ3) is 14.0. The Balaban J connectivity index is 0.000000571. The van der Waals surface area contributed by atoms with Crippen LogP contribution in [-0.2, 0) is 17.1 Å². The zero-order valence-corrected chi connectivity index (χ0v) is 18.3. The molecule has 2 aromatic rings. The molecule has 2 aromatic carbocycles. The van der Waals surface area contributed by atoms with Crippen LogP contribution in [0.3, 0.4) is 0 Å². The molecule has 0 unspecified atom stereocenters. The summed E-state index contributed by atoms with van der Waals surface area (Å²) < 4.78 is 69.6. The van der Waals surface area contributed by atoms with E-state index in [-0.39, 0.29) is 22.9 Å². The largest absolute Gasteiger partial charge is 2.00 e. The fourth-order valence-electron chi connectivity index (χ4n) is 2.13. The maximum atomic E-state index is 12.4. The molecule has 3 nitrogen and oxygen atoms in total.